The molecule has 0 spiro atoms. The summed E-state index contributed by atoms with van der Waals surface area (Å²) in [7, 11) is 0. The van der Waals surface area contributed by atoms with E-state index in [1.807, 2.05) is 0 Å². The maximum Gasteiger partial charge on any atom is 0.287 e. The number of rotatable bonds is 4. The Morgan fingerprint density at radius 3 is 2.43 bits per heavy atom. The fraction of sp³-hybridized carbons (Fsp3) is 0.375. The van der Waals surface area contributed by atoms with Crippen molar-refractivity contribution in [3.05, 3.63) is 34.1 Å². The Kier molecular flexibility index (Phi) is 3.49. The molecule has 2 N–H and O–H groups in total. The molecular weight excluding hydrogens is 188 g/mol. The van der Waals surface area contributed by atoms with Crippen molar-refractivity contribution in [3.63, 3.8) is 0 Å². The summed E-state index contributed by atoms with van der Waals surface area (Å²) in [4.78, 5) is 13.5. The van der Waals surface area contributed by atoms with Crippen LogP contribution in [-0.4, -0.2) is 33.3 Å². The van der Waals surface area contributed by atoms with E-state index in [4.69, 9.17) is 10.2 Å². The molecule has 1 rings (SSSR count). The lowest BCUT2D eigenvalue weighted by Crippen LogP contribution is -2.10. The number of hydrogen-bond acceptors (Lipinski definition) is 5. The van der Waals surface area contributed by atoms with Crippen LogP contribution in [0.1, 0.15) is 11.6 Å². The third kappa shape index (κ3) is 2.24. The second kappa shape index (κ2) is 4.64. The molecule has 0 unspecified atom stereocenters. The lowest BCUT2D eigenvalue weighted by Gasteiger charge is -2.08. The number of aliphatic hydroxyl groups is 2. The molecule has 0 saturated heterocycles. The van der Waals surface area contributed by atoms with Gasteiger partial charge in [0.1, 0.15) is 6.20 Å². The maximum atomic E-state index is 10.3. The fourth-order valence-corrected chi connectivity index (χ4v) is 0.992. The average Bonchev–Trinajstić information content (AvgIpc) is 2.20. The number of pyridine rings is 1. The lowest BCUT2D eigenvalue weighted by atomic mass is 10.1. The molecule has 1 aromatic rings. The molecule has 0 aromatic carbocycles. The minimum Gasteiger partial charge on any atom is -0.396 e. The first-order valence-corrected chi connectivity index (χ1v) is 4.01. The Hall–Kier alpha value is -1.53. The summed E-state index contributed by atoms with van der Waals surface area (Å²) in [6.45, 7) is -0.470. The van der Waals surface area contributed by atoms with Gasteiger partial charge in [-0.3, -0.25) is 15.1 Å². The van der Waals surface area contributed by atoms with Crippen LogP contribution >= 0.6 is 0 Å². The monoisotopic (exact) mass is 198 g/mol. The van der Waals surface area contributed by atoms with Crippen molar-refractivity contribution in [2.24, 2.45) is 0 Å². The molecule has 0 bridgehead atoms. The summed E-state index contributed by atoms with van der Waals surface area (Å²) >= 11 is 0. The van der Waals surface area contributed by atoms with Gasteiger partial charge in [-0.05, 0) is 6.07 Å². The Balaban J connectivity index is 2.87. The van der Waals surface area contributed by atoms with E-state index < -0.39 is 10.8 Å². The topological polar surface area (TPSA) is 96.5 Å². The molecule has 1 heterocycles. The van der Waals surface area contributed by atoms with Crippen LogP contribution in [0.3, 0.4) is 0 Å². The van der Waals surface area contributed by atoms with Crippen LogP contribution in [-0.2, 0) is 0 Å². The average molecular weight is 198 g/mol. The number of aromatic nitrogens is 1. The van der Waals surface area contributed by atoms with E-state index in [0.717, 1.165) is 6.20 Å². The molecule has 14 heavy (non-hydrogen) atoms. The van der Waals surface area contributed by atoms with Crippen LogP contribution in [0.2, 0.25) is 0 Å². The molecule has 1 aromatic heterocycles. The smallest absolute Gasteiger partial charge is 0.287 e. The summed E-state index contributed by atoms with van der Waals surface area (Å²) < 4.78 is 0. The van der Waals surface area contributed by atoms with E-state index >= 15 is 0 Å². The van der Waals surface area contributed by atoms with Crippen molar-refractivity contribution in [1.82, 2.24) is 4.98 Å². The molecule has 0 aliphatic rings. The van der Waals surface area contributed by atoms with Crippen LogP contribution in [0.4, 0.5) is 5.69 Å². The first kappa shape index (κ1) is 10.6. The first-order valence-electron chi connectivity index (χ1n) is 4.01. The van der Waals surface area contributed by atoms with Gasteiger partial charge in [0.2, 0.25) is 0 Å². The van der Waals surface area contributed by atoms with Gasteiger partial charge < -0.3 is 10.2 Å². The molecule has 0 radical (unpaired) electrons. The molecule has 0 amide bonds. The van der Waals surface area contributed by atoms with Gasteiger partial charge in [-0.2, -0.15) is 0 Å². The molecule has 0 aliphatic heterocycles. The van der Waals surface area contributed by atoms with Crippen LogP contribution in [0.15, 0.2) is 18.3 Å². The zero-order valence-corrected chi connectivity index (χ0v) is 7.33. The second-order valence-corrected chi connectivity index (χ2v) is 2.76. The predicted octanol–water partition coefficient (Wildman–Crippen LogP) is 0.0580. The van der Waals surface area contributed by atoms with Gasteiger partial charge >= 0.3 is 0 Å². The standard InChI is InChI=1S/C8H10N2O4/c11-4-6(5-12)8-2-1-7(3-9-8)10(13)14/h1-3,6,11-12H,4-5H2. The molecular formula is C8H10N2O4. The van der Waals surface area contributed by atoms with E-state index in [9.17, 15) is 10.1 Å². The highest BCUT2D eigenvalue weighted by Gasteiger charge is 2.12. The van der Waals surface area contributed by atoms with Gasteiger partial charge in [0.25, 0.3) is 5.69 Å². The van der Waals surface area contributed by atoms with Gasteiger partial charge in [0.15, 0.2) is 0 Å². The van der Waals surface area contributed by atoms with Crippen molar-refractivity contribution in [2.75, 3.05) is 13.2 Å². The molecule has 0 fully saturated rings. The summed E-state index contributed by atoms with van der Waals surface area (Å²) in [5.74, 6) is -0.476. The zero-order chi connectivity index (χ0) is 10.6. The highest BCUT2D eigenvalue weighted by Crippen LogP contribution is 2.15. The fourth-order valence-electron chi connectivity index (χ4n) is 0.992. The van der Waals surface area contributed by atoms with Gasteiger partial charge in [0.05, 0.1) is 18.1 Å². The van der Waals surface area contributed by atoms with Gasteiger partial charge in [-0.25, -0.2) is 0 Å². The molecule has 0 aliphatic carbocycles. The van der Waals surface area contributed by atoms with Crippen LogP contribution in [0.25, 0.3) is 0 Å². The van der Waals surface area contributed by atoms with Crippen molar-refractivity contribution in [1.29, 1.82) is 0 Å². The minimum atomic E-state index is -0.552. The summed E-state index contributed by atoms with van der Waals surface area (Å²) in [6.07, 6.45) is 1.10. The third-order valence-electron chi connectivity index (χ3n) is 1.84. The zero-order valence-electron chi connectivity index (χ0n) is 7.33. The molecule has 76 valence electrons. The van der Waals surface area contributed by atoms with E-state index in [-0.39, 0.29) is 18.9 Å². The third-order valence-corrected chi connectivity index (χ3v) is 1.84. The normalized spacial score (nSPS) is 10.5. The Bertz CT molecular complexity index is 308. The predicted molar refractivity (Wildman–Crippen MR) is 47.8 cm³/mol. The number of nitro groups is 1. The Labute approximate surface area is 80.0 Å². The van der Waals surface area contributed by atoms with E-state index in [0.29, 0.717) is 5.69 Å². The summed E-state index contributed by atoms with van der Waals surface area (Å²) in [6, 6.07) is 2.72. The largest absolute Gasteiger partial charge is 0.396 e. The summed E-state index contributed by atoms with van der Waals surface area (Å²) in [5.41, 5.74) is 0.337. The van der Waals surface area contributed by atoms with E-state index in [1.165, 1.54) is 12.1 Å². The van der Waals surface area contributed by atoms with E-state index in [1.54, 1.807) is 0 Å². The summed E-state index contributed by atoms with van der Waals surface area (Å²) in [5, 5.41) is 27.9. The number of nitrogens with zero attached hydrogens (tertiary/aromatic N) is 2. The SMILES string of the molecule is O=[N+]([O-])c1ccc(C(CO)CO)nc1. The van der Waals surface area contributed by atoms with E-state index in [2.05, 4.69) is 4.98 Å². The Morgan fingerprint density at radius 1 is 1.43 bits per heavy atom. The van der Waals surface area contributed by atoms with Crippen LogP contribution in [0, 0.1) is 10.1 Å². The van der Waals surface area contributed by atoms with Gasteiger partial charge in [0, 0.05) is 17.7 Å². The van der Waals surface area contributed by atoms with Crippen molar-refractivity contribution < 1.29 is 15.1 Å². The Morgan fingerprint density at radius 2 is 2.07 bits per heavy atom. The number of aliphatic hydroxyl groups excluding tert-OH is 2. The molecule has 6 heteroatoms. The second-order valence-electron chi connectivity index (χ2n) is 2.76. The quantitative estimate of drug-likeness (QED) is 0.526. The van der Waals surface area contributed by atoms with Crippen LogP contribution < -0.4 is 0 Å². The minimum absolute atomic E-state index is 0.108. The van der Waals surface area contributed by atoms with Crippen LogP contribution in [0.5, 0.6) is 0 Å². The van der Waals surface area contributed by atoms with Gasteiger partial charge in [-0.15, -0.1) is 0 Å². The van der Waals surface area contributed by atoms with Crippen molar-refractivity contribution in [2.45, 2.75) is 5.92 Å². The maximum absolute atomic E-state index is 10.3. The lowest BCUT2D eigenvalue weighted by molar-refractivity contribution is -0.385. The van der Waals surface area contributed by atoms with Gasteiger partial charge in [-0.1, -0.05) is 0 Å². The van der Waals surface area contributed by atoms with Crippen molar-refractivity contribution >= 4 is 5.69 Å². The highest BCUT2D eigenvalue weighted by molar-refractivity contribution is 5.27. The highest BCUT2D eigenvalue weighted by atomic mass is 16.6. The molecule has 6 nitrogen and oxygen atoms in total. The number of hydrogen-bond donors (Lipinski definition) is 2. The molecule has 0 saturated carbocycles. The molecule has 0 atom stereocenters. The first-order chi connectivity index (χ1) is 6.69. The van der Waals surface area contributed by atoms with Crippen molar-refractivity contribution in [3.8, 4) is 0 Å².